The highest BCUT2D eigenvalue weighted by Gasteiger charge is 2.09. The highest BCUT2D eigenvalue weighted by atomic mass is 16.5. The lowest BCUT2D eigenvalue weighted by molar-refractivity contribution is 0.310. The van der Waals surface area contributed by atoms with Crippen LogP contribution in [0.4, 0.5) is 5.82 Å². The molecule has 1 heterocycles. The van der Waals surface area contributed by atoms with Gasteiger partial charge in [0.15, 0.2) is 11.5 Å². The molecule has 0 bridgehead atoms. The molecule has 0 N–H and O–H groups in total. The second-order valence-electron chi connectivity index (χ2n) is 4.73. The fourth-order valence-electron chi connectivity index (χ4n) is 2.00. The molecule has 0 fully saturated rings. The Labute approximate surface area is 124 Å². The first-order valence-electron chi connectivity index (χ1n) is 6.83. The van der Waals surface area contributed by atoms with Crippen LogP contribution in [0.3, 0.4) is 0 Å². The third-order valence-corrected chi connectivity index (χ3v) is 3.14. The zero-order valence-electron chi connectivity index (χ0n) is 12.3. The number of aromatic nitrogens is 2. The SMILES string of the molecule is Cc1ccccc1OCCCN(C)c1nccnc1C#N. The van der Waals surface area contributed by atoms with E-state index in [1.54, 1.807) is 6.20 Å². The van der Waals surface area contributed by atoms with Gasteiger partial charge in [-0.05, 0) is 25.0 Å². The molecule has 0 saturated heterocycles. The fourth-order valence-corrected chi connectivity index (χ4v) is 2.00. The lowest BCUT2D eigenvalue weighted by Crippen LogP contribution is -2.22. The van der Waals surface area contributed by atoms with Crippen LogP contribution in [-0.4, -0.2) is 30.2 Å². The molecule has 5 heteroatoms. The second-order valence-corrected chi connectivity index (χ2v) is 4.73. The third-order valence-electron chi connectivity index (χ3n) is 3.14. The molecule has 2 aromatic rings. The van der Waals surface area contributed by atoms with Gasteiger partial charge in [-0.15, -0.1) is 0 Å². The summed E-state index contributed by atoms with van der Waals surface area (Å²) in [7, 11) is 1.90. The summed E-state index contributed by atoms with van der Waals surface area (Å²) < 4.78 is 5.75. The zero-order chi connectivity index (χ0) is 15.1. The maximum Gasteiger partial charge on any atom is 0.183 e. The van der Waals surface area contributed by atoms with Crippen LogP contribution in [0.15, 0.2) is 36.7 Å². The van der Waals surface area contributed by atoms with Gasteiger partial charge in [0.1, 0.15) is 11.8 Å². The maximum atomic E-state index is 9.01. The molecule has 21 heavy (non-hydrogen) atoms. The van der Waals surface area contributed by atoms with E-state index in [1.807, 2.05) is 43.1 Å². The van der Waals surface area contributed by atoms with Gasteiger partial charge in [0.25, 0.3) is 0 Å². The first-order chi connectivity index (χ1) is 10.2. The van der Waals surface area contributed by atoms with Crippen LogP contribution < -0.4 is 9.64 Å². The summed E-state index contributed by atoms with van der Waals surface area (Å²) in [5.41, 5.74) is 1.48. The van der Waals surface area contributed by atoms with Crippen molar-refractivity contribution in [2.45, 2.75) is 13.3 Å². The molecule has 1 aromatic heterocycles. The summed E-state index contributed by atoms with van der Waals surface area (Å²) in [5, 5.41) is 9.01. The van der Waals surface area contributed by atoms with Gasteiger partial charge in [-0.3, -0.25) is 0 Å². The molecule has 0 amide bonds. The first-order valence-corrected chi connectivity index (χ1v) is 6.83. The molecular weight excluding hydrogens is 264 g/mol. The quantitative estimate of drug-likeness (QED) is 0.762. The molecule has 0 aliphatic carbocycles. The van der Waals surface area contributed by atoms with Crippen molar-refractivity contribution < 1.29 is 4.74 Å². The van der Waals surface area contributed by atoms with Gasteiger partial charge in [0.05, 0.1) is 6.61 Å². The number of anilines is 1. The Morgan fingerprint density at radius 1 is 1.24 bits per heavy atom. The van der Waals surface area contributed by atoms with Gasteiger partial charge in [0, 0.05) is 26.0 Å². The monoisotopic (exact) mass is 282 g/mol. The Balaban J connectivity index is 1.84. The number of ether oxygens (including phenoxy) is 1. The number of nitrogens with zero attached hydrogens (tertiary/aromatic N) is 4. The molecule has 0 unspecified atom stereocenters. The van der Waals surface area contributed by atoms with Crippen molar-refractivity contribution in [3.63, 3.8) is 0 Å². The van der Waals surface area contributed by atoms with Crippen LogP contribution in [0.1, 0.15) is 17.7 Å². The number of nitriles is 1. The minimum atomic E-state index is 0.347. The Kier molecular flexibility index (Phi) is 5.10. The van der Waals surface area contributed by atoms with Crippen molar-refractivity contribution in [3.05, 3.63) is 47.9 Å². The maximum absolute atomic E-state index is 9.01. The summed E-state index contributed by atoms with van der Waals surface area (Å²) in [6.45, 7) is 3.40. The van der Waals surface area contributed by atoms with E-state index in [-0.39, 0.29) is 0 Å². The van der Waals surface area contributed by atoms with Crippen LogP contribution >= 0.6 is 0 Å². The normalized spacial score (nSPS) is 9.95. The summed E-state index contributed by atoms with van der Waals surface area (Å²) >= 11 is 0. The van der Waals surface area contributed by atoms with Gasteiger partial charge >= 0.3 is 0 Å². The molecule has 0 aliphatic heterocycles. The van der Waals surface area contributed by atoms with E-state index in [1.165, 1.54) is 6.20 Å². The largest absolute Gasteiger partial charge is 0.493 e. The molecule has 0 aliphatic rings. The third kappa shape index (κ3) is 3.93. The fraction of sp³-hybridized carbons (Fsp3) is 0.312. The molecule has 0 spiro atoms. The van der Waals surface area contributed by atoms with Crippen LogP contribution in [0.2, 0.25) is 0 Å². The lowest BCUT2D eigenvalue weighted by atomic mass is 10.2. The summed E-state index contributed by atoms with van der Waals surface area (Å²) in [6.07, 6.45) is 3.96. The molecule has 2 rings (SSSR count). The molecule has 0 atom stereocenters. The highest BCUT2D eigenvalue weighted by molar-refractivity contribution is 5.48. The zero-order valence-corrected chi connectivity index (χ0v) is 12.3. The Morgan fingerprint density at radius 3 is 2.76 bits per heavy atom. The Morgan fingerprint density at radius 2 is 2.00 bits per heavy atom. The smallest absolute Gasteiger partial charge is 0.183 e. The number of hydrogen-bond donors (Lipinski definition) is 0. The Bertz CT molecular complexity index is 636. The molecule has 1 aromatic carbocycles. The molecule has 0 radical (unpaired) electrons. The number of para-hydroxylation sites is 1. The number of aryl methyl sites for hydroxylation is 1. The van der Waals surface area contributed by atoms with Crippen molar-refractivity contribution in [1.82, 2.24) is 9.97 Å². The van der Waals surface area contributed by atoms with Crippen molar-refractivity contribution in [2.75, 3.05) is 25.1 Å². The van der Waals surface area contributed by atoms with Crippen LogP contribution in [-0.2, 0) is 0 Å². The molecule has 108 valence electrons. The highest BCUT2D eigenvalue weighted by Crippen LogP contribution is 2.16. The summed E-state index contributed by atoms with van der Waals surface area (Å²) in [4.78, 5) is 10.1. The van der Waals surface area contributed by atoms with Gasteiger partial charge in [-0.1, -0.05) is 18.2 Å². The van der Waals surface area contributed by atoms with E-state index < -0.39 is 0 Å². The van der Waals surface area contributed by atoms with E-state index in [0.29, 0.717) is 18.1 Å². The van der Waals surface area contributed by atoms with Crippen LogP contribution in [0.25, 0.3) is 0 Å². The van der Waals surface area contributed by atoms with Gasteiger partial charge in [-0.2, -0.15) is 5.26 Å². The molecular formula is C16H18N4O. The van der Waals surface area contributed by atoms with E-state index in [0.717, 1.165) is 24.3 Å². The van der Waals surface area contributed by atoms with Crippen molar-refractivity contribution in [1.29, 1.82) is 5.26 Å². The van der Waals surface area contributed by atoms with Crippen molar-refractivity contribution in [2.24, 2.45) is 0 Å². The second kappa shape index (κ2) is 7.25. The topological polar surface area (TPSA) is 62.0 Å². The van der Waals surface area contributed by atoms with Crippen LogP contribution in [0.5, 0.6) is 5.75 Å². The van der Waals surface area contributed by atoms with E-state index in [4.69, 9.17) is 10.00 Å². The number of benzene rings is 1. The van der Waals surface area contributed by atoms with E-state index >= 15 is 0 Å². The van der Waals surface area contributed by atoms with Gasteiger partial charge in [-0.25, -0.2) is 9.97 Å². The van der Waals surface area contributed by atoms with E-state index in [2.05, 4.69) is 16.0 Å². The predicted molar refractivity (Wildman–Crippen MR) is 81.3 cm³/mol. The summed E-state index contributed by atoms with van der Waals surface area (Å²) in [6, 6.07) is 10.0. The molecule has 0 saturated carbocycles. The average molecular weight is 282 g/mol. The van der Waals surface area contributed by atoms with Crippen molar-refractivity contribution >= 4 is 5.82 Å². The Hall–Kier alpha value is -2.61. The average Bonchev–Trinajstić information content (AvgIpc) is 2.52. The number of hydrogen-bond acceptors (Lipinski definition) is 5. The first kappa shape index (κ1) is 14.8. The number of rotatable bonds is 6. The lowest BCUT2D eigenvalue weighted by Gasteiger charge is -2.18. The minimum Gasteiger partial charge on any atom is -0.493 e. The van der Waals surface area contributed by atoms with Crippen molar-refractivity contribution in [3.8, 4) is 11.8 Å². The summed E-state index contributed by atoms with van der Waals surface area (Å²) in [5.74, 6) is 1.52. The van der Waals surface area contributed by atoms with Crippen LogP contribution in [0, 0.1) is 18.3 Å². The minimum absolute atomic E-state index is 0.347. The molecule has 5 nitrogen and oxygen atoms in total. The standard InChI is InChI=1S/C16H18N4O/c1-13-6-3-4-7-15(13)21-11-5-10-20(2)16-14(12-17)18-8-9-19-16/h3-4,6-9H,5,10-11H2,1-2H3. The van der Waals surface area contributed by atoms with E-state index in [9.17, 15) is 0 Å². The van der Waals surface area contributed by atoms with Gasteiger partial charge in [0.2, 0.25) is 0 Å². The predicted octanol–water partition coefficient (Wildman–Crippen LogP) is 2.56. The van der Waals surface area contributed by atoms with Gasteiger partial charge < -0.3 is 9.64 Å².